The Morgan fingerprint density at radius 1 is 1.38 bits per heavy atom. The van der Waals surface area contributed by atoms with E-state index in [4.69, 9.17) is 14.4 Å². The van der Waals surface area contributed by atoms with Crippen LogP contribution in [0, 0.1) is 6.92 Å². The van der Waals surface area contributed by atoms with Crippen LogP contribution in [0.2, 0.25) is 0 Å². The lowest BCUT2D eigenvalue weighted by molar-refractivity contribution is 0.192. The van der Waals surface area contributed by atoms with Crippen LogP contribution in [0.5, 0.6) is 0 Å². The van der Waals surface area contributed by atoms with E-state index in [1.54, 1.807) is 6.07 Å². The van der Waals surface area contributed by atoms with Crippen molar-refractivity contribution in [2.24, 2.45) is 5.14 Å². The van der Waals surface area contributed by atoms with Crippen molar-refractivity contribution in [2.75, 3.05) is 13.2 Å². The molecule has 0 spiro atoms. The maximum Gasteiger partial charge on any atom is 0.258 e. The lowest BCUT2D eigenvalue weighted by Crippen LogP contribution is -2.12. The number of rotatable bonds is 3. The zero-order chi connectivity index (χ0) is 15.0. The second-order valence-corrected chi connectivity index (χ2v) is 6.60. The summed E-state index contributed by atoms with van der Waals surface area (Å²) in [4.78, 5) is 4.37. The summed E-state index contributed by atoms with van der Waals surface area (Å²) < 4.78 is 33.4. The van der Waals surface area contributed by atoms with Crippen LogP contribution >= 0.6 is 0 Å². The van der Waals surface area contributed by atoms with Crippen molar-refractivity contribution in [1.82, 2.24) is 10.1 Å². The van der Waals surface area contributed by atoms with E-state index >= 15 is 0 Å². The van der Waals surface area contributed by atoms with Crippen LogP contribution in [0.4, 0.5) is 0 Å². The maximum absolute atomic E-state index is 11.4. The van der Waals surface area contributed by atoms with Gasteiger partial charge in [-0.15, -0.1) is 0 Å². The van der Waals surface area contributed by atoms with Gasteiger partial charge < -0.3 is 9.26 Å². The molecule has 0 amide bonds. The highest BCUT2D eigenvalue weighted by Gasteiger charge is 2.24. The van der Waals surface area contributed by atoms with Crippen LogP contribution in [0.15, 0.2) is 27.6 Å². The van der Waals surface area contributed by atoms with E-state index in [0.29, 0.717) is 30.5 Å². The molecule has 7 nitrogen and oxygen atoms in total. The molecule has 3 rings (SSSR count). The van der Waals surface area contributed by atoms with E-state index in [-0.39, 0.29) is 10.8 Å². The van der Waals surface area contributed by atoms with Crippen LogP contribution in [-0.4, -0.2) is 31.8 Å². The topological polar surface area (TPSA) is 108 Å². The SMILES string of the molecule is Cc1ccc(S(N)(=O)=O)cc1-c1nc(C2CCOC2)no1. The van der Waals surface area contributed by atoms with Gasteiger partial charge in [-0.3, -0.25) is 0 Å². The molecule has 21 heavy (non-hydrogen) atoms. The summed E-state index contributed by atoms with van der Waals surface area (Å²) in [6, 6.07) is 4.57. The van der Waals surface area contributed by atoms with E-state index in [0.717, 1.165) is 12.0 Å². The van der Waals surface area contributed by atoms with Gasteiger partial charge in [0.25, 0.3) is 5.89 Å². The van der Waals surface area contributed by atoms with Crippen molar-refractivity contribution in [1.29, 1.82) is 0 Å². The average molecular weight is 309 g/mol. The predicted molar refractivity (Wildman–Crippen MR) is 74.0 cm³/mol. The fourth-order valence-electron chi connectivity index (χ4n) is 2.26. The van der Waals surface area contributed by atoms with Crippen LogP contribution < -0.4 is 5.14 Å². The Morgan fingerprint density at radius 2 is 2.19 bits per heavy atom. The van der Waals surface area contributed by atoms with Crippen molar-refractivity contribution in [3.05, 3.63) is 29.6 Å². The van der Waals surface area contributed by atoms with Crippen molar-refractivity contribution >= 4 is 10.0 Å². The van der Waals surface area contributed by atoms with E-state index in [1.165, 1.54) is 12.1 Å². The van der Waals surface area contributed by atoms with Gasteiger partial charge in [-0.05, 0) is 31.0 Å². The van der Waals surface area contributed by atoms with Gasteiger partial charge in [0.05, 0.1) is 11.5 Å². The summed E-state index contributed by atoms with van der Waals surface area (Å²) in [7, 11) is -3.77. The molecule has 1 unspecified atom stereocenters. The second kappa shape index (κ2) is 5.21. The van der Waals surface area contributed by atoms with Gasteiger partial charge in [0.15, 0.2) is 5.82 Å². The summed E-state index contributed by atoms with van der Waals surface area (Å²) in [5.41, 5.74) is 1.40. The highest BCUT2D eigenvalue weighted by Crippen LogP contribution is 2.28. The van der Waals surface area contributed by atoms with E-state index < -0.39 is 10.0 Å². The number of nitrogens with two attached hydrogens (primary N) is 1. The van der Waals surface area contributed by atoms with E-state index in [9.17, 15) is 8.42 Å². The summed E-state index contributed by atoms with van der Waals surface area (Å²) in [6.07, 6.45) is 0.856. The molecule has 1 aromatic carbocycles. The molecule has 1 aliphatic heterocycles. The van der Waals surface area contributed by atoms with Gasteiger partial charge in [-0.2, -0.15) is 4.98 Å². The number of primary sulfonamides is 1. The first kappa shape index (κ1) is 14.2. The van der Waals surface area contributed by atoms with Crippen molar-refractivity contribution < 1.29 is 17.7 Å². The molecule has 2 heterocycles. The molecule has 0 radical (unpaired) electrons. The summed E-state index contributed by atoms with van der Waals surface area (Å²) in [6.45, 7) is 3.11. The summed E-state index contributed by atoms with van der Waals surface area (Å²) in [5.74, 6) is 1.01. The monoisotopic (exact) mass is 309 g/mol. The van der Waals surface area contributed by atoms with Crippen molar-refractivity contribution in [2.45, 2.75) is 24.2 Å². The third kappa shape index (κ3) is 2.82. The minimum absolute atomic E-state index is 0.0204. The van der Waals surface area contributed by atoms with Crippen LogP contribution in [0.1, 0.15) is 23.7 Å². The first-order chi connectivity index (χ1) is 9.95. The number of sulfonamides is 1. The normalized spacial score (nSPS) is 19.0. The molecule has 112 valence electrons. The molecule has 2 aromatic rings. The first-order valence-electron chi connectivity index (χ1n) is 6.50. The standard InChI is InChI=1S/C13H15N3O4S/c1-8-2-3-10(21(14,17)18)6-11(8)13-15-12(16-20-13)9-4-5-19-7-9/h2-3,6,9H,4-5,7H2,1H3,(H2,14,17,18). The molecule has 2 N–H and O–H groups in total. The number of hydrogen-bond acceptors (Lipinski definition) is 6. The second-order valence-electron chi connectivity index (χ2n) is 5.04. The number of hydrogen-bond donors (Lipinski definition) is 1. The Bertz CT molecular complexity index is 763. The zero-order valence-corrected chi connectivity index (χ0v) is 12.3. The number of nitrogens with zero attached hydrogens (tertiary/aromatic N) is 2. The molecule has 0 bridgehead atoms. The lowest BCUT2D eigenvalue weighted by atomic mass is 10.1. The molecule has 1 aliphatic rings. The van der Waals surface area contributed by atoms with Crippen LogP contribution in [-0.2, 0) is 14.8 Å². The average Bonchev–Trinajstić information content (AvgIpc) is 3.09. The van der Waals surface area contributed by atoms with Crippen LogP contribution in [0.25, 0.3) is 11.5 Å². The number of aromatic nitrogens is 2. The Hall–Kier alpha value is -1.77. The van der Waals surface area contributed by atoms with Gasteiger partial charge in [0.1, 0.15) is 0 Å². The first-order valence-corrected chi connectivity index (χ1v) is 8.05. The van der Waals surface area contributed by atoms with Gasteiger partial charge >= 0.3 is 0 Å². The molecule has 1 atom stereocenters. The van der Waals surface area contributed by atoms with Gasteiger partial charge in [-0.25, -0.2) is 13.6 Å². The summed E-state index contributed by atoms with van der Waals surface area (Å²) >= 11 is 0. The van der Waals surface area contributed by atoms with Gasteiger partial charge in [0, 0.05) is 18.1 Å². The number of aryl methyl sites for hydroxylation is 1. The van der Waals surface area contributed by atoms with Gasteiger partial charge in [0.2, 0.25) is 10.0 Å². The van der Waals surface area contributed by atoms with Crippen molar-refractivity contribution in [3.8, 4) is 11.5 Å². The number of benzene rings is 1. The zero-order valence-electron chi connectivity index (χ0n) is 11.4. The number of ether oxygens (including phenoxy) is 1. The minimum atomic E-state index is -3.77. The van der Waals surface area contributed by atoms with E-state index in [1.807, 2.05) is 6.92 Å². The Kier molecular flexibility index (Phi) is 3.52. The quantitative estimate of drug-likeness (QED) is 0.912. The molecule has 8 heteroatoms. The predicted octanol–water partition coefficient (Wildman–Crippen LogP) is 1.20. The maximum atomic E-state index is 11.4. The molecule has 1 fully saturated rings. The lowest BCUT2D eigenvalue weighted by Gasteiger charge is -2.04. The molecule has 0 saturated carbocycles. The highest BCUT2D eigenvalue weighted by molar-refractivity contribution is 7.89. The molecule has 0 aliphatic carbocycles. The Balaban J connectivity index is 2.00. The Morgan fingerprint density at radius 3 is 2.86 bits per heavy atom. The molecular formula is C13H15N3O4S. The van der Waals surface area contributed by atoms with Crippen LogP contribution in [0.3, 0.4) is 0 Å². The summed E-state index contributed by atoms with van der Waals surface area (Å²) in [5, 5.41) is 9.11. The molecular weight excluding hydrogens is 294 g/mol. The third-order valence-electron chi connectivity index (χ3n) is 3.50. The third-order valence-corrected chi connectivity index (χ3v) is 4.42. The highest BCUT2D eigenvalue weighted by atomic mass is 32.2. The van der Waals surface area contributed by atoms with Gasteiger partial charge in [-0.1, -0.05) is 11.2 Å². The van der Waals surface area contributed by atoms with Crippen molar-refractivity contribution in [3.63, 3.8) is 0 Å². The molecule has 1 saturated heterocycles. The minimum Gasteiger partial charge on any atom is -0.381 e. The fourth-order valence-corrected chi connectivity index (χ4v) is 2.80. The molecule has 1 aromatic heterocycles. The largest absolute Gasteiger partial charge is 0.381 e. The Labute approximate surface area is 122 Å². The smallest absolute Gasteiger partial charge is 0.258 e. The fraction of sp³-hybridized carbons (Fsp3) is 0.385. The van der Waals surface area contributed by atoms with E-state index in [2.05, 4.69) is 10.1 Å².